The molecule has 2 aromatic rings. The lowest BCUT2D eigenvalue weighted by Gasteiger charge is -2.53. The van der Waals surface area contributed by atoms with Crippen molar-refractivity contribution in [2.24, 2.45) is 17.8 Å². The van der Waals surface area contributed by atoms with Crippen LogP contribution in [0.15, 0.2) is 24.3 Å². The molecule has 2 bridgehead atoms. The lowest BCUT2D eigenvalue weighted by Crippen LogP contribution is -2.55. The zero-order valence-corrected chi connectivity index (χ0v) is 14.0. The number of carbonyl (C=O) groups excluding carboxylic acids is 1. The monoisotopic (exact) mass is 312 g/mol. The molecular formula is C19H24N2O2. The molecule has 4 heteroatoms. The number of esters is 1. The summed E-state index contributed by atoms with van der Waals surface area (Å²) in [5, 5.41) is 4.53. The lowest BCUT2D eigenvalue weighted by molar-refractivity contribution is -0.00266. The van der Waals surface area contributed by atoms with Crippen molar-refractivity contribution in [2.75, 3.05) is 20.2 Å². The SMILES string of the molecule is COC(=O)c1c(C)n(C(C)C2C3CNCC2C3)c2ccccc12. The van der Waals surface area contributed by atoms with Crippen molar-refractivity contribution >= 4 is 16.9 Å². The van der Waals surface area contributed by atoms with Crippen LogP contribution in [-0.2, 0) is 4.74 Å². The Bertz CT molecular complexity index is 750. The zero-order valence-electron chi connectivity index (χ0n) is 14.0. The second kappa shape index (κ2) is 5.38. The van der Waals surface area contributed by atoms with E-state index < -0.39 is 0 Å². The second-order valence-electron chi connectivity index (χ2n) is 7.07. The molecule has 0 amide bonds. The average molecular weight is 312 g/mol. The fourth-order valence-corrected chi connectivity index (χ4v) is 5.02. The largest absolute Gasteiger partial charge is 0.465 e. The van der Waals surface area contributed by atoms with E-state index in [1.807, 2.05) is 12.1 Å². The molecule has 1 aromatic carbocycles. The first-order valence-electron chi connectivity index (χ1n) is 8.52. The van der Waals surface area contributed by atoms with E-state index in [9.17, 15) is 4.79 Å². The highest BCUT2D eigenvalue weighted by Gasteiger charge is 2.47. The molecule has 1 aromatic heterocycles. The number of piperidine rings is 2. The van der Waals surface area contributed by atoms with Crippen LogP contribution in [0.5, 0.6) is 0 Å². The highest BCUT2D eigenvalue weighted by Crippen LogP contribution is 2.49. The fraction of sp³-hybridized carbons (Fsp3) is 0.526. The Hall–Kier alpha value is -1.81. The van der Waals surface area contributed by atoms with Crippen molar-refractivity contribution < 1.29 is 9.53 Å². The van der Waals surface area contributed by atoms with Crippen LogP contribution in [0.3, 0.4) is 0 Å². The molecule has 2 aliphatic rings. The van der Waals surface area contributed by atoms with Crippen molar-refractivity contribution in [3.8, 4) is 0 Å². The highest BCUT2D eigenvalue weighted by atomic mass is 16.5. The van der Waals surface area contributed by atoms with Gasteiger partial charge in [0.25, 0.3) is 0 Å². The molecule has 1 saturated heterocycles. The lowest BCUT2D eigenvalue weighted by atomic mass is 9.59. The van der Waals surface area contributed by atoms with Crippen molar-refractivity contribution in [1.82, 2.24) is 9.88 Å². The summed E-state index contributed by atoms with van der Waals surface area (Å²) in [6, 6.07) is 8.60. The van der Waals surface area contributed by atoms with E-state index in [1.165, 1.54) is 13.5 Å². The van der Waals surface area contributed by atoms with Crippen LogP contribution < -0.4 is 5.32 Å². The number of aromatic nitrogens is 1. The Labute approximate surface area is 136 Å². The van der Waals surface area contributed by atoms with Crippen LogP contribution in [0.2, 0.25) is 0 Å². The number of rotatable bonds is 3. The third kappa shape index (κ3) is 2.04. The summed E-state index contributed by atoms with van der Waals surface area (Å²) in [7, 11) is 1.46. The minimum atomic E-state index is -0.236. The maximum absolute atomic E-state index is 12.3. The minimum Gasteiger partial charge on any atom is -0.465 e. The minimum absolute atomic E-state index is 0.236. The predicted octanol–water partition coefficient (Wildman–Crippen LogP) is 3.15. The number of nitrogens with one attached hydrogen (secondary N) is 1. The predicted molar refractivity (Wildman–Crippen MR) is 90.7 cm³/mol. The number of ether oxygens (including phenoxy) is 1. The Morgan fingerprint density at radius 2 is 2.00 bits per heavy atom. The van der Waals surface area contributed by atoms with Gasteiger partial charge in [0.2, 0.25) is 0 Å². The molecule has 3 unspecified atom stereocenters. The molecule has 4 nitrogen and oxygen atoms in total. The van der Waals surface area contributed by atoms with Crippen LogP contribution >= 0.6 is 0 Å². The highest BCUT2D eigenvalue weighted by molar-refractivity contribution is 6.05. The van der Waals surface area contributed by atoms with Crippen LogP contribution in [0.1, 0.15) is 35.4 Å². The summed E-state index contributed by atoms with van der Waals surface area (Å²) in [6.45, 7) is 6.63. The average Bonchev–Trinajstić information content (AvgIpc) is 2.86. The quantitative estimate of drug-likeness (QED) is 0.885. The summed E-state index contributed by atoms with van der Waals surface area (Å²) in [4.78, 5) is 12.3. The van der Waals surface area contributed by atoms with Crippen molar-refractivity contribution in [3.05, 3.63) is 35.5 Å². The topological polar surface area (TPSA) is 43.3 Å². The van der Waals surface area contributed by atoms with Gasteiger partial charge in [-0.3, -0.25) is 0 Å². The van der Waals surface area contributed by atoms with Gasteiger partial charge >= 0.3 is 5.97 Å². The first-order chi connectivity index (χ1) is 11.1. The molecule has 4 rings (SSSR count). The third-order valence-electron chi connectivity index (χ3n) is 6.02. The van der Waals surface area contributed by atoms with Gasteiger partial charge in [-0.15, -0.1) is 0 Å². The number of methoxy groups -OCH3 is 1. The maximum atomic E-state index is 12.3. The van der Waals surface area contributed by atoms with E-state index in [-0.39, 0.29) is 5.97 Å². The summed E-state index contributed by atoms with van der Waals surface area (Å²) in [5.74, 6) is 2.01. The Kier molecular flexibility index (Phi) is 3.45. The van der Waals surface area contributed by atoms with Crippen LogP contribution in [0.25, 0.3) is 10.9 Å². The molecule has 0 radical (unpaired) electrons. The van der Waals surface area contributed by atoms with Gasteiger partial charge in [0.05, 0.1) is 12.7 Å². The molecule has 1 N–H and O–H groups in total. The van der Waals surface area contributed by atoms with Gasteiger partial charge in [-0.2, -0.15) is 0 Å². The molecule has 0 spiro atoms. The van der Waals surface area contributed by atoms with Crippen molar-refractivity contribution in [2.45, 2.75) is 26.3 Å². The van der Waals surface area contributed by atoms with Crippen molar-refractivity contribution in [3.63, 3.8) is 0 Å². The summed E-state index contributed by atoms with van der Waals surface area (Å²) >= 11 is 0. The van der Waals surface area contributed by atoms with E-state index in [0.717, 1.165) is 47.1 Å². The smallest absolute Gasteiger partial charge is 0.340 e. The van der Waals surface area contributed by atoms with Gasteiger partial charge in [-0.1, -0.05) is 18.2 Å². The number of para-hydroxylation sites is 1. The number of benzene rings is 1. The molecule has 2 fully saturated rings. The number of carbonyl (C=O) groups is 1. The molecule has 23 heavy (non-hydrogen) atoms. The molecule has 3 atom stereocenters. The van der Waals surface area contributed by atoms with Gasteiger partial charge in [0.15, 0.2) is 0 Å². The standard InChI is InChI=1S/C19H24N2O2/c1-11(17-13-8-14(17)10-20-9-13)21-12(2)18(19(22)23-3)15-6-4-5-7-16(15)21/h4-7,11,13-14,17,20H,8-10H2,1-3H3. The third-order valence-corrected chi connectivity index (χ3v) is 6.02. The first-order valence-corrected chi connectivity index (χ1v) is 8.52. The summed E-state index contributed by atoms with van der Waals surface area (Å²) in [5.41, 5.74) is 2.90. The van der Waals surface area contributed by atoms with Gasteiger partial charge < -0.3 is 14.6 Å². The van der Waals surface area contributed by atoms with E-state index in [2.05, 4.69) is 35.9 Å². The molecule has 122 valence electrons. The Morgan fingerprint density at radius 1 is 1.30 bits per heavy atom. The molecule has 1 aliphatic heterocycles. The normalized spacial score (nSPS) is 27.5. The number of nitrogens with zero attached hydrogens (tertiary/aromatic N) is 1. The van der Waals surface area contributed by atoms with E-state index in [4.69, 9.17) is 4.74 Å². The van der Waals surface area contributed by atoms with Gasteiger partial charge in [-0.05, 0) is 57.2 Å². The molecule has 2 heterocycles. The molecule has 1 saturated carbocycles. The van der Waals surface area contributed by atoms with Crippen LogP contribution in [-0.4, -0.2) is 30.7 Å². The number of hydrogen-bond acceptors (Lipinski definition) is 3. The fourth-order valence-electron chi connectivity index (χ4n) is 5.02. The van der Waals surface area contributed by atoms with Gasteiger partial charge in [0.1, 0.15) is 0 Å². The second-order valence-corrected chi connectivity index (χ2v) is 7.07. The van der Waals surface area contributed by atoms with E-state index >= 15 is 0 Å². The maximum Gasteiger partial charge on any atom is 0.340 e. The van der Waals surface area contributed by atoms with Crippen LogP contribution in [0.4, 0.5) is 0 Å². The number of hydrogen-bond donors (Lipinski definition) is 1. The van der Waals surface area contributed by atoms with E-state index in [1.54, 1.807) is 0 Å². The van der Waals surface area contributed by atoms with E-state index in [0.29, 0.717) is 12.0 Å². The summed E-state index contributed by atoms with van der Waals surface area (Å²) < 4.78 is 7.40. The van der Waals surface area contributed by atoms with Gasteiger partial charge in [-0.25, -0.2) is 4.79 Å². The Morgan fingerprint density at radius 3 is 2.65 bits per heavy atom. The van der Waals surface area contributed by atoms with Crippen molar-refractivity contribution in [1.29, 1.82) is 0 Å². The summed E-state index contributed by atoms with van der Waals surface area (Å²) in [6.07, 6.45) is 1.35. The first kappa shape index (κ1) is 14.8. The zero-order chi connectivity index (χ0) is 16.1. The molecule has 1 aliphatic carbocycles. The van der Waals surface area contributed by atoms with Gasteiger partial charge in [0, 0.05) is 22.6 Å². The van der Waals surface area contributed by atoms with Crippen LogP contribution in [0, 0.1) is 24.7 Å². The molecular weight excluding hydrogens is 288 g/mol. The number of fused-ring (bicyclic) bond motifs is 3. The Balaban J connectivity index is 1.83.